The van der Waals surface area contributed by atoms with Crippen LogP contribution in [0.25, 0.3) is 0 Å². The molecule has 0 spiro atoms. The number of alkyl halides is 3. The van der Waals surface area contributed by atoms with E-state index in [1.165, 1.54) is 16.7 Å². The summed E-state index contributed by atoms with van der Waals surface area (Å²) in [6.07, 6.45) is -3.04. The number of thiazole rings is 1. The standard InChI is InChI=1S/C11H12F3NO2S/c12-11(13,14)7-3-1-6(2-4-7)9-15-8(5-18-9)10(16)17/h5-7H,1-4H2,(H,16,17). The van der Waals surface area contributed by atoms with E-state index in [-0.39, 0.29) is 24.5 Å². The van der Waals surface area contributed by atoms with Crippen molar-refractivity contribution in [2.45, 2.75) is 37.8 Å². The van der Waals surface area contributed by atoms with Crippen LogP contribution in [0.15, 0.2) is 5.38 Å². The van der Waals surface area contributed by atoms with Gasteiger partial charge in [0, 0.05) is 11.3 Å². The van der Waals surface area contributed by atoms with E-state index in [0.717, 1.165) is 0 Å². The third-order valence-corrected chi connectivity index (χ3v) is 4.29. The molecule has 2 rings (SSSR count). The second-order valence-corrected chi connectivity index (χ2v) is 5.36. The lowest BCUT2D eigenvalue weighted by atomic mass is 9.82. The van der Waals surface area contributed by atoms with Crippen molar-refractivity contribution in [3.63, 3.8) is 0 Å². The third-order valence-electron chi connectivity index (χ3n) is 3.28. The second-order valence-electron chi connectivity index (χ2n) is 4.47. The van der Waals surface area contributed by atoms with Gasteiger partial charge in [-0.2, -0.15) is 13.2 Å². The molecule has 1 saturated carbocycles. The Morgan fingerprint density at radius 1 is 1.33 bits per heavy atom. The average Bonchev–Trinajstić information content (AvgIpc) is 2.77. The minimum Gasteiger partial charge on any atom is -0.476 e. The van der Waals surface area contributed by atoms with Gasteiger partial charge in [-0.05, 0) is 25.7 Å². The predicted octanol–water partition coefficient (Wildman–Crippen LogP) is 3.68. The number of nitrogens with zero attached hydrogens (tertiary/aromatic N) is 1. The lowest BCUT2D eigenvalue weighted by Gasteiger charge is -2.28. The molecule has 0 unspecified atom stereocenters. The smallest absolute Gasteiger partial charge is 0.391 e. The molecule has 0 aromatic carbocycles. The van der Waals surface area contributed by atoms with Gasteiger partial charge in [0.2, 0.25) is 0 Å². The van der Waals surface area contributed by atoms with Crippen LogP contribution in [-0.2, 0) is 0 Å². The summed E-state index contributed by atoms with van der Waals surface area (Å²) in [7, 11) is 0. The Morgan fingerprint density at radius 3 is 2.39 bits per heavy atom. The molecule has 1 aliphatic carbocycles. The van der Waals surface area contributed by atoms with Crippen molar-refractivity contribution in [2.75, 3.05) is 0 Å². The normalized spacial score (nSPS) is 25.1. The highest BCUT2D eigenvalue weighted by atomic mass is 32.1. The van der Waals surface area contributed by atoms with Crippen LogP contribution >= 0.6 is 11.3 Å². The van der Waals surface area contributed by atoms with Crippen molar-refractivity contribution < 1.29 is 23.1 Å². The van der Waals surface area contributed by atoms with Crippen molar-refractivity contribution in [1.82, 2.24) is 4.98 Å². The molecule has 3 nitrogen and oxygen atoms in total. The molecule has 100 valence electrons. The Balaban J connectivity index is 1.99. The van der Waals surface area contributed by atoms with Gasteiger partial charge in [0.1, 0.15) is 0 Å². The first-order valence-corrected chi connectivity index (χ1v) is 6.51. The summed E-state index contributed by atoms with van der Waals surface area (Å²) in [4.78, 5) is 14.6. The van der Waals surface area contributed by atoms with Gasteiger partial charge in [-0.3, -0.25) is 0 Å². The van der Waals surface area contributed by atoms with Crippen LogP contribution in [0.2, 0.25) is 0 Å². The van der Waals surface area contributed by atoms with E-state index < -0.39 is 18.1 Å². The first-order chi connectivity index (χ1) is 8.38. The number of hydrogen-bond acceptors (Lipinski definition) is 3. The minimum absolute atomic E-state index is 0.0204. The van der Waals surface area contributed by atoms with Crippen LogP contribution < -0.4 is 0 Å². The zero-order chi connectivity index (χ0) is 13.3. The summed E-state index contributed by atoms with van der Waals surface area (Å²) in [6, 6.07) is 0. The monoisotopic (exact) mass is 279 g/mol. The summed E-state index contributed by atoms with van der Waals surface area (Å²) in [6.45, 7) is 0. The highest BCUT2D eigenvalue weighted by molar-refractivity contribution is 7.09. The van der Waals surface area contributed by atoms with Gasteiger partial charge >= 0.3 is 12.1 Å². The van der Waals surface area contributed by atoms with E-state index in [9.17, 15) is 18.0 Å². The maximum atomic E-state index is 12.5. The quantitative estimate of drug-likeness (QED) is 0.898. The maximum Gasteiger partial charge on any atom is 0.391 e. The van der Waals surface area contributed by atoms with Crippen molar-refractivity contribution in [3.05, 3.63) is 16.1 Å². The summed E-state index contributed by atoms with van der Waals surface area (Å²) >= 11 is 1.22. The van der Waals surface area contributed by atoms with Gasteiger partial charge in [0.05, 0.1) is 10.9 Å². The topological polar surface area (TPSA) is 50.2 Å². The fourth-order valence-corrected chi connectivity index (χ4v) is 3.21. The first-order valence-electron chi connectivity index (χ1n) is 5.63. The van der Waals surface area contributed by atoms with Gasteiger partial charge in [-0.1, -0.05) is 0 Å². The van der Waals surface area contributed by atoms with Crippen LogP contribution in [0.1, 0.15) is 47.1 Å². The summed E-state index contributed by atoms with van der Waals surface area (Å²) in [5.41, 5.74) is -0.0204. The molecule has 18 heavy (non-hydrogen) atoms. The molecule has 0 saturated heterocycles. The van der Waals surface area contributed by atoms with Crippen molar-refractivity contribution in [3.8, 4) is 0 Å². The molecular formula is C11H12F3NO2S. The number of carbonyl (C=O) groups is 1. The van der Waals surface area contributed by atoms with Gasteiger partial charge in [-0.15, -0.1) is 11.3 Å². The highest BCUT2D eigenvalue weighted by Gasteiger charge is 2.41. The maximum absolute atomic E-state index is 12.5. The number of carboxylic acid groups (broad SMARTS) is 1. The van der Waals surface area contributed by atoms with Crippen molar-refractivity contribution >= 4 is 17.3 Å². The second kappa shape index (κ2) is 4.87. The number of halogens is 3. The Bertz CT molecular complexity index is 436. The van der Waals surface area contributed by atoms with Gasteiger partial charge < -0.3 is 5.11 Å². The zero-order valence-electron chi connectivity index (χ0n) is 9.41. The van der Waals surface area contributed by atoms with Crippen molar-refractivity contribution in [2.24, 2.45) is 5.92 Å². The predicted molar refractivity (Wildman–Crippen MR) is 59.8 cm³/mol. The molecule has 1 fully saturated rings. The molecule has 1 heterocycles. The van der Waals surface area contributed by atoms with Crippen LogP contribution in [0, 0.1) is 5.92 Å². The SMILES string of the molecule is O=C(O)c1csc(C2CCC(C(F)(F)F)CC2)n1. The first kappa shape index (κ1) is 13.3. The summed E-state index contributed by atoms with van der Waals surface area (Å²) < 4.78 is 37.5. The van der Waals surface area contributed by atoms with E-state index >= 15 is 0 Å². The van der Waals surface area contributed by atoms with E-state index in [2.05, 4.69) is 4.98 Å². The van der Waals surface area contributed by atoms with Crippen LogP contribution in [0.4, 0.5) is 13.2 Å². The van der Waals surface area contributed by atoms with E-state index in [0.29, 0.717) is 17.8 Å². The molecular weight excluding hydrogens is 267 g/mol. The highest BCUT2D eigenvalue weighted by Crippen LogP contribution is 2.43. The molecule has 0 radical (unpaired) electrons. The van der Waals surface area contributed by atoms with Gasteiger partial charge in [0.25, 0.3) is 0 Å². The summed E-state index contributed by atoms with van der Waals surface area (Å²) in [5, 5.41) is 10.8. The Labute approximate surface area is 106 Å². The number of aromatic nitrogens is 1. The van der Waals surface area contributed by atoms with Gasteiger partial charge in [-0.25, -0.2) is 9.78 Å². The fraction of sp³-hybridized carbons (Fsp3) is 0.636. The molecule has 1 N–H and O–H groups in total. The van der Waals surface area contributed by atoms with Gasteiger partial charge in [0.15, 0.2) is 5.69 Å². The molecule has 7 heteroatoms. The van der Waals surface area contributed by atoms with Crippen molar-refractivity contribution in [1.29, 1.82) is 0 Å². The average molecular weight is 279 g/mol. The lowest BCUT2D eigenvalue weighted by molar-refractivity contribution is -0.182. The van der Waals surface area contributed by atoms with E-state index in [1.54, 1.807) is 0 Å². The van der Waals surface area contributed by atoms with Crippen LogP contribution in [0.3, 0.4) is 0 Å². The van der Waals surface area contributed by atoms with E-state index in [4.69, 9.17) is 5.11 Å². The minimum atomic E-state index is -4.11. The van der Waals surface area contributed by atoms with Crippen LogP contribution in [0.5, 0.6) is 0 Å². The Kier molecular flexibility index (Phi) is 3.61. The van der Waals surface area contributed by atoms with E-state index in [1.807, 2.05) is 0 Å². The molecule has 1 aromatic rings. The number of aromatic carboxylic acids is 1. The third kappa shape index (κ3) is 2.82. The molecule has 0 bridgehead atoms. The number of hydrogen-bond donors (Lipinski definition) is 1. The molecule has 0 atom stereocenters. The molecule has 1 aliphatic rings. The number of rotatable bonds is 2. The molecule has 0 aliphatic heterocycles. The zero-order valence-corrected chi connectivity index (χ0v) is 10.2. The molecule has 0 amide bonds. The Morgan fingerprint density at radius 2 is 1.94 bits per heavy atom. The van der Waals surface area contributed by atoms with Crippen LogP contribution in [-0.4, -0.2) is 22.2 Å². The fourth-order valence-electron chi connectivity index (χ4n) is 2.24. The lowest BCUT2D eigenvalue weighted by Crippen LogP contribution is -2.27. The summed E-state index contributed by atoms with van der Waals surface area (Å²) in [5.74, 6) is -2.34. The molecule has 1 aromatic heterocycles. The number of carboxylic acids is 1. The Hall–Kier alpha value is -1.11. The largest absolute Gasteiger partial charge is 0.476 e.